The predicted molar refractivity (Wildman–Crippen MR) is 169 cm³/mol. The van der Waals surface area contributed by atoms with Gasteiger partial charge in [-0.15, -0.1) is 0 Å². The molecule has 3 aromatic carbocycles. The van der Waals surface area contributed by atoms with Crippen molar-refractivity contribution in [3.63, 3.8) is 0 Å². The van der Waals surface area contributed by atoms with Crippen LogP contribution in [0.3, 0.4) is 0 Å². The molecule has 9 nitrogen and oxygen atoms in total. The van der Waals surface area contributed by atoms with Crippen LogP contribution in [0.1, 0.15) is 50.3 Å². The Hall–Kier alpha value is -4.37. The molecule has 9 heteroatoms. The number of benzene rings is 3. The topological polar surface area (TPSA) is 121 Å². The number of carbonyl (C=O) groups is 3. The van der Waals surface area contributed by atoms with Crippen LogP contribution in [0.4, 0.5) is 9.59 Å². The molecule has 0 radical (unpaired) electrons. The first kappa shape index (κ1) is 33.1. The third-order valence-corrected chi connectivity index (χ3v) is 6.53. The van der Waals surface area contributed by atoms with Crippen molar-refractivity contribution in [3.8, 4) is 0 Å². The van der Waals surface area contributed by atoms with Gasteiger partial charge in [0, 0.05) is 32.2 Å². The molecule has 0 saturated heterocycles. The lowest BCUT2D eigenvalue weighted by Gasteiger charge is -2.26. The summed E-state index contributed by atoms with van der Waals surface area (Å²) in [4.78, 5) is 38.2. The Bertz CT molecular complexity index is 1250. The summed E-state index contributed by atoms with van der Waals surface area (Å²) < 4.78 is 5.32. The first-order valence-corrected chi connectivity index (χ1v) is 14.8. The van der Waals surface area contributed by atoms with Gasteiger partial charge in [0.05, 0.1) is 6.04 Å². The summed E-state index contributed by atoms with van der Waals surface area (Å²) in [5.74, 6) is -0.146. The SMILES string of the molecule is CC(C)(C)OC(=O)NCCC[C@H](N[C@H](CNC(=O)NCc1ccccc1)Cc1ccccc1)C(=O)NCc1ccccc1. The summed E-state index contributed by atoms with van der Waals surface area (Å²) in [6, 6.07) is 28.3. The maximum atomic E-state index is 13.4. The van der Waals surface area contributed by atoms with Crippen molar-refractivity contribution in [2.75, 3.05) is 13.1 Å². The van der Waals surface area contributed by atoms with E-state index in [1.165, 1.54) is 0 Å². The summed E-state index contributed by atoms with van der Waals surface area (Å²) in [5, 5.41) is 15.2. The van der Waals surface area contributed by atoms with Gasteiger partial charge >= 0.3 is 12.1 Å². The van der Waals surface area contributed by atoms with E-state index in [0.717, 1.165) is 16.7 Å². The second-order valence-electron chi connectivity index (χ2n) is 11.4. The molecule has 0 aliphatic rings. The Morgan fingerprint density at radius 3 is 1.79 bits per heavy atom. The van der Waals surface area contributed by atoms with Gasteiger partial charge in [-0.2, -0.15) is 0 Å². The zero-order chi connectivity index (χ0) is 30.9. The van der Waals surface area contributed by atoms with Crippen LogP contribution >= 0.6 is 0 Å². The standard InChI is InChI=1S/C34H45N5O4/c1-34(2,3)43-33(42)35-21-13-20-30(31(40)36-23-27-16-9-5-10-17-27)39-29(22-26-14-7-4-8-15-26)25-38-32(41)37-24-28-18-11-6-12-19-28/h4-12,14-19,29-30,39H,13,20-25H2,1-3H3,(H,35,42)(H,36,40)(H2,37,38,41)/t29-,30-/m0/s1. The summed E-state index contributed by atoms with van der Waals surface area (Å²) >= 11 is 0. The van der Waals surface area contributed by atoms with Gasteiger partial charge in [-0.1, -0.05) is 91.0 Å². The van der Waals surface area contributed by atoms with Crippen molar-refractivity contribution in [2.24, 2.45) is 0 Å². The normalized spacial score (nSPS) is 12.4. The number of nitrogens with one attached hydrogen (secondary N) is 5. The molecule has 2 atom stereocenters. The minimum atomic E-state index is -0.587. The molecule has 0 aromatic heterocycles. The summed E-state index contributed by atoms with van der Waals surface area (Å²) in [7, 11) is 0. The van der Waals surface area contributed by atoms with Crippen LogP contribution in [0.2, 0.25) is 0 Å². The highest BCUT2D eigenvalue weighted by atomic mass is 16.6. The minimum Gasteiger partial charge on any atom is -0.444 e. The van der Waals surface area contributed by atoms with E-state index in [4.69, 9.17) is 4.74 Å². The Kier molecular flexibility index (Phi) is 13.5. The van der Waals surface area contributed by atoms with Crippen LogP contribution in [0.25, 0.3) is 0 Å². The van der Waals surface area contributed by atoms with E-state index >= 15 is 0 Å². The molecule has 5 N–H and O–H groups in total. The number of ether oxygens (including phenoxy) is 1. The van der Waals surface area contributed by atoms with Crippen molar-refractivity contribution < 1.29 is 19.1 Å². The Labute approximate surface area is 255 Å². The molecular formula is C34H45N5O4. The first-order chi connectivity index (χ1) is 20.7. The van der Waals surface area contributed by atoms with E-state index in [-0.39, 0.29) is 18.0 Å². The third-order valence-electron chi connectivity index (χ3n) is 6.53. The monoisotopic (exact) mass is 587 g/mol. The van der Waals surface area contributed by atoms with Gasteiger partial charge in [0.2, 0.25) is 5.91 Å². The van der Waals surface area contributed by atoms with Crippen LogP contribution in [-0.4, -0.2) is 48.8 Å². The molecule has 0 spiro atoms. The summed E-state index contributed by atoms with van der Waals surface area (Å²) in [6.07, 6.45) is 1.15. The second kappa shape index (κ2) is 17.6. The van der Waals surface area contributed by atoms with Crippen molar-refractivity contribution >= 4 is 18.0 Å². The lowest BCUT2D eigenvalue weighted by Crippen LogP contribution is -2.53. The van der Waals surface area contributed by atoms with Crippen LogP contribution in [-0.2, 0) is 29.0 Å². The second-order valence-corrected chi connectivity index (χ2v) is 11.4. The highest BCUT2D eigenvalue weighted by Gasteiger charge is 2.23. The van der Waals surface area contributed by atoms with Crippen LogP contribution in [0.5, 0.6) is 0 Å². The fourth-order valence-corrected chi connectivity index (χ4v) is 4.44. The summed E-state index contributed by atoms with van der Waals surface area (Å²) in [5.41, 5.74) is 2.50. The fourth-order valence-electron chi connectivity index (χ4n) is 4.44. The predicted octanol–water partition coefficient (Wildman–Crippen LogP) is 4.68. The molecule has 4 amide bonds. The van der Waals surface area contributed by atoms with Crippen molar-refractivity contribution in [1.82, 2.24) is 26.6 Å². The van der Waals surface area contributed by atoms with E-state index < -0.39 is 17.7 Å². The number of alkyl carbamates (subject to hydrolysis) is 1. The molecule has 0 unspecified atom stereocenters. The number of hydrogen-bond acceptors (Lipinski definition) is 5. The lowest BCUT2D eigenvalue weighted by molar-refractivity contribution is -0.123. The van der Waals surface area contributed by atoms with Crippen LogP contribution in [0, 0.1) is 0 Å². The maximum absolute atomic E-state index is 13.4. The highest BCUT2D eigenvalue weighted by Crippen LogP contribution is 2.09. The Balaban J connectivity index is 1.64. The molecule has 3 rings (SSSR count). The van der Waals surface area contributed by atoms with Crippen LogP contribution < -0.4 is 26.6 Å². The molecule has 3 aromatic rings. The summed E-state index contributed by atoms with van der Waals surface area (Å²) in [6.45, 7) is 6.93. The lowest BCUT2D eigenvalue weighted by atomic mass is 10.0. The van der Waals surface area contributed by atoms with Crippen molar-refractivity contribution in [1.29, 1.82) is 0 Å². The number of hydrogen-bond donors (Lipinski definition) is 5. The molecule has 0 aliphatic carbocycles. The molecular weight excluding hydrogens is 542 g/mol. The zero-order valence-electron chi connectivity index (χ0n) is 25.4. The van der Waals surface area contributed by atoms with E-state index in [1.54, 1.807) is 0 Å². The van der Waals surface area contributed by atoms with E-state index in [9.17, 15) is 14.4 Å². The highest BCUT2D eigenvalue weighted by molar-refractivity contribution is 5.81. The molecule has 0 heterocycles. The van der Waals surface area contributed by atoms with Gasteiger partial charge in [-0.25, -0.2) is 9.59 Å². The quantitative estimate of drug-likeness (QED) is 0.166. The van der Waals surface area contributed by atoms with Gasteiger partial charge in [0.25, 0.3) is 0 Å². The van der Waals surface area contributed by atoms with Crippen molar-refractivity contribution in [2.45, 2.75) is 70.8 Å². The number of rotatable bonds is 15. The van der Waals surface area contributed by atoms with Gasteiger partial charge < -0.3 is 31.3 Å². The average Bonchev–Trinajstić information content (AvgIpc) is 2.99. The number of carbonyl (C=O) groups excluding carboxylic acids is 3. The maximum Gasteiger partial charge on any atom is 0.407 e. The van der Waals surface area contributed by atoms with Crippen molar-refractivity contribution in [3.05, 3.63) is 108 Å². The molecule has 0 saturated carbocycles. The van der Waals surface area contributed by atoms with E-state index in [0.29, 0.717) is 45.4 Å². The van der Waals surface area contributed by atoms with Gasteiger partial charge in [0.15, 0.2) is 0 Å². The van der Waals surface area contributed by atoms with Crippen LogP contribution in [0.15, 0.2) is 91.0 Å². The molecule has 0 aliphatic heterocycles. The van der Waals surface area contributed by atoms with E-state index in [1.807, 2.05) is 112 Å². The molecule has 230 valence electrons. The molecule has 0 bridgehead atoms. The number of amides is 4. The molecule has 0 fully saturated rings. The van der Waals surface area contributed by atoms with E-state index in [2.05, 4.69) is 26.6 Å². The Morgan fingerprint density at radius 1 is 0.698 bits per heavy atom. The fraction of sp³-hybridized carbons (Fsp3) is 0.382. The smallest absolute Gasteiger partial charge is 0.407 e. The van der Waals surface area contributed by atoms with Gasteiger partial charge in [-0.3, -0.25) is 4.79 Å². The largest absolute Gasteiger partial charge is 0.444 e. The average molecular weight is 588 g/mol. The third kappa shape index (κ3) is 13.9. The zero-order valence-corrected chi connectivity index (χ0v) is 25.4. The number of urea groups is 1. The first-order valence-electron chi connectivity index (χ1n) is 14.8. The van der Waals surface area contributed by atoms with Gasteiger partial charge in [-0.05, 0) is 56.7 Å². The Morgan fingerprint density at radius 2 is 1.23 bits per heavy atom. The minimum absolute atomic E-state index is 0.146. The van der Waals surface area contributed by atoms with Gasteiger partial charge in [0.1, 0.15) is 5.60 Å². The molecule has 43 heavy (non-hydrogen) atoms.